The van der Waals surface area contributed by atoms with Gasteiger partial charge in [0, 0.05) is 56.5 Å². The van der Waals surface area contributed by atoms with Crippen molar-refractivity contribution < 1.29 is 47.0 Å². The van der Waals surface area contributed by atoms with Crippen molar-refractivity contribution in [2.45, 2.75) is 38.6 Å². The number of aromatic nitrogens is 2. The molecule has 1 radical (unpaired) electrons. The molecule has 0 spiro atoms. The molecule has 4 nitrogen and oxygen atoms in total. The fourth-order valence-corrected chi connectivity index (χ4v) is 3.02. The zero-order chi connectivity index (χ0) is 17.0. The molecule has 0 amide bonds. The van der Waals surface area contributed by atoms with Gasteiger partial charge in [-0.15, -0.1) is 29.8 Å². The van der Waals surface area contributed by atoms with E-state index in [1.165, 1.54) is 23.9 Å². The number of imidazole rings is 1. The Hall–Kier alpha value is -0.556. The van der Waals surface area contributed by atoms with E-state index in [0.717, 1.165) is 23.4 Å². The Balaban J connectivity index is 0.000000273. The third-order valence-electron chi connectivity index (χ3n) is 3.68. The van der Waals surface area contributed by atoms with Gasteiger partial charge >= 0.3 is 5.97 Å². The maximum absolute atomic E-state index is 12.0. The predicted molar refractivity (Wildman–Crippen MR) is 88.9 cm³/mol. The van der Waals surface area contributed by atoms with Crippen LogP contribution in [0.1, 0.15) is 37.1 Å². The number of hydrogen-bond acceptors (Lipinski definition) is 2. The number of carboxylic acid groups (broad SMARTS) is 1. The van der Waals surface area contributed by atoms with Crippen molar-refractivity contribution in [2.24, 2.45) is 0 Å². The summed E-state index contributed by atoms with van der Waals surface area (Å²) in [5, 5.41) is 9.09. The molecule has 1 aliphatic heterocycles. The van der Waals surface area contributed by atoms with Crippen LogP contribution < -0.4 is 0 Å². The number of aryl methyl sites for hydroxylation is 1. The van der Waals surface area contributed by atoms with Gasteiger partial charge in [-0.2, -0.15) is 6.07 Å². The number of carbonyl (C=O) groups is 1. The number of hydrogen-bond donors (Lipinski definition) is 2. The number of H-pyrrole nitrogens is 1. The summed E-state index contributed by atoms with van der Waals surface area (Å²) in [5.74, 6) is -0.587. The summed E-state index contributed by atoms with van der Waals surface area (Å²) >= 11 is 10.6. The molecule has 2 N–H and O–H groups in total. The molecule has 127 valence electrons. The first-order chi connectivity index (χ1) is 10.9. The van der Waals surface area contributed by atoms with E-state index in [4.69, 9.17) is 28.9 Å². The zero-order valence-electron chi connectivity index (χ0n) is 13.2. The molecule has 0 aliphatic carbocycles. The molecule has 2 heterocycles. The SMILES string of the molecule is CC1CCn2c1c(CCC(=O)O)[nH]c2=S.Fc1c[c-]c(Cl)cc1.[Y]. The van der Waals surface area contributed by atoms with Crippen molar-refractivity contribution in [3.05, 3.63) is 51.3 Å². The second-order valence-electron chi connectivity index (χ2n) is 5.38. The van der Waals surface area contributed by atoms with Gasteiger partial charge in [0.1, 0.15) is 0 Å². The van der Waals surface area contributed by atoms with Crippen LogP contribution in [0, 0.1) is 16.7 Å². The summed E-state index contributed by atoms with van der Waals surface area (Å²) in [4.78, 5) is 13.6. The van der Waals surface area contributed by atoms with Crippen LogP contribution in [0.15, 0.2) is 18.2 Å². The van der Waals surface area contributed by atoms with E-state index in [2.05, 4.69) is 22.5 Å². The van der Waals surface area contributed by atoms with Gasteiger partial charge in [0.25, 0.3) is 0 Å². The minimum absolute atomic E-state index is 0. The van der Waals surface area contributed by atoms with Gasteiger partial charge in [0.05, 0.1) is 6.42 Å². The number of carboxylic acids is 1. The normalized spacial score (nSPS) is 15.0. The van der Waals surface area contributed by atoms with E-state index >= 15 is 0 Å². The zero-order valence-corrected chi connectivity index (χ0v) is 17.6. The van der Waals surface area contributed by atoms with Crippen molar-refractivity contribution in [3.8, 4) is 0 Å². The molecule has 1 unspecified atom stereocenters. The van der Waals surface area contributed by atoms with Crippen molar-refractivity contribution in [1.82, 2.24) is 9.55 Å². The van der Waals surface area contributed by atoms with Gasteiger partial charge in [-0.05, 0) is 31.0 Å². The predicted octanol–water partition coefficient (Wildman–Crippen LogP) is 4.35. The molecule has 0 saturated carbocycles. The van der Waals surface area contributed by atoms with E-state index in [1.54, 1.807) is 0 Å². The molecular weight excluding hydrogens is 428 g/mol. The summed E-state index contributed by atoms with van der Waals surface area (Å²) in [6, 6.07) is 6.43. The third kappa shape index (κ3) is 5.76. The van der Waals surface area contributed by atoms with Crippen LogP contribution in [-0.4, -0.2) is 20.6 Å². The molecule has 1 atom stereocenters. The van der Waals surface area contributed by atoms with Crippen molar-refractivity contribution >= 4 is 29.8 Å². The monoisotopic (exact) mass is 444 g/mol. The van der Waals surface area contributed by atoms with Gasteiger partial charge < -0.3 is 14.7 Å². The van der Waals surface area contributed by atoms with Crippen LogP contribution in [-0.2, 0) is 50.5 Å². The standard InChI is InChI=1S/C10H14N2O2S.C6H3ClF.Y/c1-6-4-5-12-9(6)7(11-10(12)15)2-3-8(13)14;7-5-1-3-6(8)4-2-5;/h6H,2-5H2,1H3,(H,11,15)(H,13,14);1,3-4H;/q;-1;. The van der Waals surface area contributed by atoms with E-state index in [-0.39, 0.29) is 44.9 Å². The first-order valence-corrected chi connectivity index (χ1v) is 8.03. The van der Waals surface area contributed by atoms with Crippen LogP contribution in [0.5, 0.6) is 0 Å². The Morgan fingerprint density at radius 3 is 2.83 bits per heavy atom. The minimum Gasteiger partial charge on any atom is -0.481 e. The molecule has 8 heteroatoms. The number of halogens is 2. The number of fused-ring (bicyclic) bond motifs is 1. The first-order valence-electron chi connectivity index (χ1n) is 7.24. The maximum Gasteiger partial charge on any atom is 0.303 e. The molecule has 0 fully saturated rings. The Labute approximate surface area is 175 Å². The molecular formula is C16H17ClFN2O2SY-. The number of aliphatic carboxylic acids is 1. The Kier molecular flexibility index (Phi) is 8.78. The number of aromatic amines is 1. The number of nitrogens with zero attached hydrogens (tertiary/aromatic N) is 1. The quantitative estimate of drug-likeness (QED) is 0.547. The van der Waals surface area contributed by atoms with Crippen molar-refractivity contribution in [1.29, 1.82) is 0 Å². The Bertz CT molecular complexity index is 725. The van der Waals surface area contributed by atoms with Gasteiger partial charge in [-0.25, -0.2) is 0 Å². The van der Waals surface area contributed by atoms with Gasteiger partial charge in [-0.3, -0.25) is 9.18 Å². The van der Waals surface area contributed by atoms with Crippen LogP contribution in [0.25, 0.3) is 0 Å². The largest absolute Gasteiger partial charge is 0.481 e. The van der Waals surface area contributed by atoms with Crippen molar-refractivity contribution in [2.75, 3.05) is 0 Å². The second-order valence-corrected chi connectivity index (χ2v) is 6.18. The van der Waals surface area contributed by atoms with Crippen LogP contribution in [0.2, 0.25) is 5.02 Å². The summed E-state index contributed by atoms with van der Waals surface area (Å²) in [7, 11) is 0. The number of rotatable bonds is 3. The van der Waals surface area contributed by atoms with E-state index in [9.17, 15) is 9.18 Å². The van der Waals surface area contributed by atoms with Gasteiger partial charge in [0.15, 0.2) is 4.77 Å². The van der Waals surface area contributed by atoms with Gasteiger partial charge in [-0.1, -0.05) is 11.9 Å². The summed E-state index contributed by atoms with van der Waals surface area (Å²) in [6.07, 6.45) is 1.81. The smallest absolute Gasteiger partial charge is 0.303 e. The number of nitrogens with one attached hydrogen (secondary N) is 1. The summed E-state index contributed by atoms with van der Waals surface area (Å²) in [5.41, 5.74) is 2.22. The fraction of sp³-hybridized carbons (Fsp3) is 0.375. The molecule has 0 saturated heterocycles. The molecule has 24 heavy (non-hydrogen) atoms. The molecule has 0 bridgehead atoms. The Morgan fingerprint density at radius 2 is 2.29 bits per heavy atom. The average Bonchev–Trinajstić information content (AvgIpc) is 3.03. The summed E-state index contributed by atoms with van der Waals surface area (Å²) < 4.78 is 14.8. The van der Waals surface area contributed by atoms with Crippen LogP contribution >= 0.6 is 23.8 Å². The molecule has 1 aliphatic rings. The Morgan fingerprint density at radius 1 is 1.58 bits per heavy atom. The fourth-order valence-electron chi connectivity index (χ4n) is 2.59. The third-order valence-corrected chi connectivity index (χ3v) is 4.24. The van der Waals surface area contributed by atoms with Gasteiger partial charge in [0.2, 0.25) is 0 Å². The molecule has 3 rings (SSSR count). The molecule has 2 aromatic rings. The topological polar surface area (TPSA) is 58.0 Å². The van der Waals surface area contributed by atoms with Crippen molar-refractivity contribution in [3.63, 3.8) is 0 Å². The maximum atomic E-state index is 12.0. The van der Waals surface area contributed by atoms with E-state index in [0.29, 0.717) is 17.4 Å². The second kappa shape index (κ2) is 9.80. The van der Waals surface area contributed by atoms with Crippen LogP contribution in [0.4, 0.5) is 4.39 Å². The first kappa shape index (κ1) is 21.5. The minimum atomic E-state index is -0.764. The summed E-state index contributed by atoms with van der Waals surface area (Å²) in [6.45, 7) is 3.12. The average molecular weight is 445 g/mol. The molecule has 1 aromatic carbocycles. The van der Waals surface area contributed by atoms with Crippen LogP contribution in [0.3, 0.4) is 0 Å². The molecule has 1 aromatic heterocycles. The van der Waals surface area contributed by atoms with E-state index < -0.39 is 5.97 Å². The van der Waals surface area contributed by atoms with E-state index in [1.807, 2.05) is 0 Å². The number of benzene rings is 1.